The maximum atomic E-state index is 13.4. The number of anilines is 1. The molecule has 20 heavy (non-hydrogen) atoms. The zero-order valence-corrected chi connectivity index (χ0v) is 10.4. The molecule has 1 heterocycles. The first kappa shape index (κ1) is 14.3. The number of aromatic nitrogens is 1. The van der Waals surface area contributed by atoms with E-state index in [-0.39, 0.29) is 5.69 Å². The van der Waals surface area contributed by atoms with E-state index in [1.807, 2.05) is 0 Å². The minimum Gasteiger partial charge on any atom is -0.382 e. The Hall–Kier alpha value is -2.11. The van der Waals surface area contributed by atoms with Crippen LogP contribution in [-0.2, 0) is 12.6 Å². The van der Waals surface area contributed by atoms with Crippen molar-refractivity contribution in [1.29, 1.82) is 0 Å². The molecule has 0 bridgehead atoms. The monoisotopic (exact) mass is 284 g/mol. The van der Waals surface area contributed by atoms with Crippen molar-refractivity contribution in [2.24, 2.45) is 0 Å². The van der Waals surface area contributed by atoms with E-state index >= 15 is 0 Å². The average molecular weight is 284 g/mol. The molecule has 2 aromatic rings. The van der Waals surface area contributed by atoms with Gasteiger partial charge >= 0.3 is 6.18 Å². The Morgan fingerprint density at radius 2 is 1.75 bits per heavy atom. The Morgan fingerprint density at radius 3 is 2.40 bits per heavy atom. The molecule has 1 N–H and O–H groups in total. The Kier molecular flexibility index (Phi) is 4.22. The van der Waals surface area contributed by atoms with Gasteiger partial charge in [-0.05, 0) is 42.3 Å². The molecule has 0 fully saturated rings. The number of benzene rings is 1. The predicted molar refractivity (Wildman–Crippen MR) is 67.8 cm³/mol. The second-order valence-corrected chi connectivity index (χ2v) is 4.22. The van der Waals surface area contributed by atoms with E-state index in [1.165, 1.54) is 0 Å². The van der Waals surface area contributed by atoms with Gasteiger partial charge in [-0.2, -0.15) is 13.2 Å². The number of halogens is 4. The minimum absolute atomic E-state index is 0.145. The van der Waals surface area contributed by atoms with Gasteiger partial charge < -0.3 is 5.32 Å². The van der Waals surface area contributed by atoms with Crippen LogP contribution in [0.25, 0.3) is 0 Å². The van der Waals surface area contributed by atoms with Crippen molar-refractivity contribution in [2.45, 2.75) is 12.6 Å². The number of nitrogens with zero attached hydrogens (tertiary/aromatic N) is 1. The topological polar surface area (TPSA) is 24.9 Å². The lowest BCUT2D eigenvalue weighted by Crippen LogP contribution is -2.10. The van der Waals surface area contributed by atoms with Gasteiger partial charge in [0.15, 0.2) is 0 Å². The molecule has 0 spiro atoms. The number of hydrogen-bond acceptors (Lipinski definition) is 2. The van der Waals surface area contributed by atoms with Gasteiger partial charge in [0.25, 0.3) is 0 Å². The van der Waals surface area contributed by atoms with E-state index in [9.17, 15) is 17.6 Å². The van der Waals surface area contributed by atoms with Gasteiger partial charge in [0.2, 0.25) is 0 Å². The van der Waals surface area contributed by atoms with Crippen LogP contribution < -0.4 is 5.32 Å². The molecule has 0 aliphatic carbocycles. The molecule has 0 saturated carbocycles. The van der Waals surface area contributed by atoms with Crippen molar-refractivity contribution in [3.8, 4) is 0 Å². The Labute approximate surface area is 113 Å². The summed E-state index contributed by atoms with van der Waals surface area (Å²) in [6.45, 7) is 0.336. The summed E-state index contributed by atoms with van der Waals surface area (Å²) in [6.07, 6.45) is -0.659. The molecule has 0 unspecified atom stereocenters. The van der Waals surface area contributed by atoms with Gasteiger partial charge in [-0.1, -0.05) is 0 Å². The lowest BCUT2D eigenvalue weighted by Gasteiger charge is -2.11. The molecule has 2 rings (SSSR count). The lowest BCUT2D eigenvalue weighted by atomic mass is 10.1. The molecule has 0 radical (unpaired) electrons. The molecule has 0 amide bonds. The Morgan fingerprint density at radius 1 is 1.05 bits per heavy atom. The summed E-state index contributed by atoms with van der Waals surface area (Å²) in [4.78, 5) is 3.86. The van der Waals surface area contributed by atoms with Crippen LogP contribution in [0.15, 0.2) is 42.7 Å². The first-order chi connectivity index (χ1) is 9.47. The summed E-state index contributed by atoms with van der Waals surface area (Å²) < 4.78 is 51.0. The summed E-state index contributed by atoms with van der Waals surface area (Å²) in [5.74, 6) is -0.701. The number of rotatable bonds is 4. The molecule has 0 aliphatic heterocycles. The second-order valence-electron chi connectivity index (χ2n) is 4.22. The number of hydrogen-bond donors (Lipinski definition) is 1. The molecule has 6 heteroatoms. The van der Waals surface area contributed by atoms with Gasteiger partial charge in [-0.3, -0.25) is 4.98 Å². The van der Waals surface area contributed by atoms with Crippen molar-refractivity contribution in [3.05, 3.63) is 59.7 Å². The van der Waals surface area contributed by atoms with E-state index in [0.717, 1.165) is 23.8 Å². The normalized spacial score (nSPS) is 11.4. The number of pyridine rings is 1. The van der Waals surface area contributed by atoms with Crippen LogP contribution in [0.3, 0.4) is 0 Å². The Balaban J connectivity index is 2.02. The standard InChI is InChI=1S/C14H12F4N2/c15-12-2-1-11(14(16,17)18)9-13(12)20-8-5-10-3-6-19-7-4-10/h1-4,6-7,9,20H,5,8H2. The summed E-state index contributed by atoms with van der Waals surface area (Å²) in [5.41, 5.74) is -0.0425. The molecule has 2 nitrogen and oxygen atoms in total. The molecule has 0 saturated heterocycles. The van der Waals surface area contributed by atoms with Crippen molar-refractivity contribution in [3.63, 3.8) is 0 Å². The van der Waals surface area contributed by atoms with Crippen LogP contribution in [0, 0.1) is 5.82 Å². The molecular weight excluding hydrogens is 272 g/mol. The van der Waals surface area contributed by atoms with Crippen LogP contribution >= 0.6 is 0 Å². The molecule has 1 aromatic heterocycles. The summed E-state index contributed by atoms with van der Waals surface area (Å²) in [7, 11) is 0. The first-order valence-electron chi connectivity index (χ1n) is 5.96. The van der Waals surface area contributed by atoms with E-state index in [4.69, 9.17) is 0 Å². The summed E-state index contributed by atoms with van der Waals surface area (Å²) in [5, 5.41) is 2.68. The lowest BCUT2D eigenvalue weighted by molar-refractivity contribution is -0.137. The largest absolute Gasteiger partial charge is 0.416 e. The molecule has 0 atom stereocenters. The molecular formula is C14H12F4N2. The fourth-order valence-electron chi connectivity index (χ4n) is 1.73. The molecule has 0 aliphatic rings. The minimum atomic E-state index is -4.48. The van der Waals surface area contributed by atoms with Gasteiger partial charge in [0.05, 0.1) is 11.3 Å². The van der Waals surface area contributed by atoms with Crippen molar-refractivity contribution < 1.29 is 17.6 Å². The fourth-order valence-corrected chi connectivity index (χ4v) is 1.73. The molecule has 1 aromatic carbocycles. The maximum absolute atomic E-state index is 13.4. The highest BCUT2D eigenvalue weighted by Gasteiger charge is 2.31. The number of nitrogens with one attached hydrogen (secondary N) is 1. The van der Waals surface area contributed by atoms with Crippen LogP contribution in [-0.4, -0.2) is 11.5 Å². The quantitative estimate of drug-likeness (QED) is 0.861. The third kappa shape index (κ3) is 3.69. The highest BCUT2D eigenvalue weighted by molar-refractivity contribution is 5.48. The summed E-state index contributed by atoms with van der Waals surface area (Å²) in [6, 6.07) is 5.91. The SMILES string of the molecule is Fc1ccc(C(F)(F)F)cc1NCCc1ccncc1. The van der Waals surface area contributed by atoms with Gasteiger partial charge in [0, 0.05) is 18.9 Å². The average Bonchev–Trinajstić information content (AvgIpc) is 2.41. The smallest absolute Gasteiger partial charge is 0.382 e. The van der Waals surface area contributed by atoms with E-state index in [0.29, 0.717) is 13.0 Å². The van der Waals surface area contributed by atoms with Crippen LogP contribution in [0.4, 0.5) is 23.2 Å². The second kappa shape index (κ2) is 5.90. The zero-order chi connectivity index (χ0) is 14.6. The Bertz CT molecular complexity index is 567. The van der Waals surface area contributed by atoms with Crippen molar-refractivity contribution >= 4 is 5.69 Å². The predicted octanol–water partition coefficient (Wildman–Crippen LogP) is 3.89. The maximum Gasteiger partial charge on any atom is 0.416 e. The van der Waals surface area contributed by atoms with E-state index < -0.39 is 17.6 Å². The van der Waals surface area contributed by atoms with Gasteiger partial charge in [-0.25, -0.2) is 4.39 Å². The molecule has 106 valence electrons. The highest BCUT2D eigenvalue weighted by atomic mass is 19.4. The van der Waals surface area contributed by atoms with Crippen molar-refractivity contribution in [1.82, 2.24) is 4.98 Å². The highest BCUT2D eigenvalue weighted by Crippen LogP contribution is 2.31. The third-order valence-corrected chi connectivity index (χ3v) is 2.77. The third-order valence-electron chi connectivity index (χ3n) is 2.77. The van der Waals surface area contributed by atoms with Crippen molar-refractivity contribution in [2.75, 3.05) is 11.9 Å². The first-order valence-corrected chi connectivity index (χ1v) is 5.96. The van der Waals surface area contributed by atoms with Crippen LogP contribution in [0.1, 0.15) is 11.1 Å². The van der Waals surface area contributed by atoms with Gasteiger partial charge in [0.1, 0.15) is 5.82 Å². The number of alkyl halides is 3. The van der Waals surface area contributed by atoms with Crippen LogP contribution in [0.5, 0.6) is 0 Å². The van der Waals surface area contributed by atoms with E-state index in [2.05, 4.69) is 10.3 Å². The zero-order valence-electron chi connectivity index (χ0n) is 10.4. The fraction of sp³-hybridized carbons (Fsp3) is 0.214. The van der Waals surface area contributed by atoms with E-state index in [1.54, 1.807) is 24.5 Å². The van der Waals surface area contributed by atoms with Gasteiger partial charge in [-0.15, -0.1) is 0 Å². The van der Waals surface area contributed by atoms with Crippen LogP contribution in [0.2, 0.25) is 0 Å². The summed E-state index contributed by atoms with van der Waals surface area (Å²) >= 11 is 0.